The highest BCUT2D eigenvalue weighted by molar-refractivity contribution is 7.13. The summed E-state index contributed by atoms with van der Waals surface area (Å²) in [5, 5.41) is 12.3. The number of aromatic nitrogens is 2. The van der Waals surface area contributed by atoms with Crippen molar-refractivity contribution in [2.75, 3.05) is 7.11 Å². The molecular formula is C23H24N4O4S. The second kappa shape index (κ2) is 9.35. The maximum atomic E-state index is 12.7. The fourth-order valence-corrected chi connectivity index (χ4v) is 4.42. The Morgan fingerprint density at radius 2 is 2.12 bits per heavy atom. The van der Waals surface area contributed by atoms with Gasteiger partial charge in [-0.05, 0) is 41.6 Å². The summed E-state index contributed by atoms with van der Waals surface area (Å²) < 4.78 is 6.57. The zero-order chi connectivity index (χ0) is 22.7. The molecular weight excluding hydrogens is 428 g/mol. The summed E-state index contributed by atoms with van der Waals surface area (Å²) in [6.45, 7) is 2.21. The van der Waals surface area contributed by atoms with Gasteiger partial charge in [0.05, 0.1) is 31.0 Å². The fraction of sp³-hybridized carbons (Fsp3) is 0.304. The molecule has 8 nitrogen and oxygen atoms in total. The van der Waals surface area contributed by atoms with E-state index >= 15 is 0 Å². The third-order valence-corrected chi connectivity index (χ3v) is 6.36. The molecule has 0 fully saturated rings. The van der Waals surface area contributed by atoms with Crippen molar-refractivity contribution in [1.82, 2.24) is 20.4 Å². The summed E-state index contributed by atoms with van der Waals surface area (Å²) in [7, 11) is 1.54. The maximum Gasteiger partial charge on any atom is 0.266 e. The lowest BCUT2D eigenvalue weighted by Gasteiger charge is -2.19. The second-order valence-electron chi connectivity index (χ2n) is 7.57. The van der Waals surface area contributed by atoms with Gasteiger partial charge in [-0.2, -0.15) is 5.10 Å². The van der Waals surface area contributed by atoms with Crippen LogP contribution < -0.4 is 20.9 Å². The third kappa shape index (κ3) is 4.57. The van der Waals surface area contributed by atoms with Crippen LogP contribution >= 0.6 is 11.3 Å². The van der Waals surface area contributed by atoms with E-state index in [4.69, 9.17) is 4.74 Å². The molecule has 3 heterocycles. The number of ether oxygens (including phenoxy) is 1. The SMILES string of the molecule is CC[C@H](Cn1nc(-c2cccs2)ccc1=O)NC(=O)C[C@@H]1NC(=O)c2cc(OC)ccc21. The minimum absolute atomic E-state index is 0.110. The Morgan fingerprint density at radius 3 is 2.84 bits per heavy atom. The number of rotatable bonds is 8. The van der Waals surface area contributed by atoms with Crippen LogP contribution in [-0.4, -0.2) is 34.7 Å². The standard InChI is InChI=1S/C23H24N4O4S/c1-3-14(13-27-22(29)9-8-18(26-27)20-5-4-10-32-20)24-21(28)12-19-16-7-6-15(31-2)11-17(16)23(30)25-19/h4-11,14,19H,3,12-13H2,1-2H3,(H,24,28)(H,25,30)/t14-,19+/m1/s1. The van der Waals surface area contributed by atoms with Crippen molar-refractivity contribution in [3.8, 4) is 16.3 Å². The first-order valence-corrected chi connectivity index (χ1v) is 11.3. The lowest BCUT2D eigenvalue weighted by atomic mass is 10.0. The number of carbonyl (C=O) groups is 2. The van der Waals surface area contributed by atoms with Crippen LogP contribution in [0.5, 0.6) is 5.75 Å². The summed E-state index contributed by atoms with van der Waals surface area (Å²) in [5.41, 5.74) is 1.81. The molecule has 2 N–H and O–H groups in total. The number of amides is 2. The van der Waals surface area contributed by atoms with Gasteiger partial charge in [0.15, 0.2) is 0 Å². The quantitative estimate of drug-likeness (QED) is 0.547. The first-order chi connectivity index (χ1) is 15.5. The molecule has 1 aliphatic heterocycles. The highest BCUT2D eigenvalue weighted by Gasteiger charge is 2.30. The topological polar surface area (TPSA) is 102 Å². The number of hydrogen-bond acceptors (Lipinski definition) is 6. The van der Waals surface area contributed by atoms with E-state index < -0.39 is 6.04 Å². The molecule has 0 unspecified atom stereocenters. The van der Waals surface area contributed by atoms with Gasteiger partial charge in [0, 0.05) is 17.7 Å². The molecule has 166 valence electrons. The Labute approximate surface area is 189 Å². The third-order valence-electron chi connectivity index (χ3n) is 5.47. The maximum absolute atomic E-state index is 12.7. The largest absolute Gasteiger partial charge is 0.497 e. The van der Waals surface area contributed by atoms with Crippen LogP contribution in [0.1, 0.15) is 41.7 Å². The van der Waals surface area contributed by atoms with Crippen LogP contribution in [-0.2, 0) is 11.3 Å². The molecule has 1 aliphatic rings. The smallest absolute Gasteiger partial charge is 0.266 e. The molecule has 2 atom stereocenters. The highest BCUT2D eigenvalue weighted by atomic mass is 32.1. The highest BCUT2D eigenvalue weighted by Crippen LogP contribution is 2.30. The molecule has 3 aromatic rings. The van der Waals surface area contributed by atoms with E-state index in [1.165, 1.54) is 10.7 Å². The fourth-order valence-electron chi connectivity index (χ4n) is 3.73. The number of carbonyl (C=O) groups excluding carboxylic acids is 2. The molecule has 4 rings (SSSR count). The van der Waals surface area contributed by atoms with E-state index in [-0.39, 0.29) is 36.4 Å². The van der Waals surface area contributed by atoms with Crippen LogP contribution in [0.3, 0.4) is 0 Å². The van der Waals surface area contributed by atoms with Crippen molar-refractivity contribution < 1.29 is 14.3 Å². The van der Waals surface area contributed by atoms with Crippen LogP contribution in [0.4, 0.5) is 0 Å². The van der Waals surface area contributed by atoms with Gasteiger partial charge in [0.1, 0.15) is 11.4 Å². The zero-order valence-corrected chi connectivity index (χ0v) is 18.6. The van der Waals surface area contributed by atoms with Crippen LogP contribution in [0, 0.1) is 0 Å². The molecule has 1 aromatic carbocycles. The number of hydrogen-bond donors (Lipinski definition) is 2. The van der Waals surface area contributed by atoms with Crippen LogP contribution in [0.15, 0.2) is 52.6 Å². The first kappa shape index (κ1) is 21.8. The summed E-state index contributed by atoms with van der Waals surface area (Å²) in [4.78, 5) is 38.3. The van der Waals surface area contributed by atoms with Crippen molar-refractivity contribution in [2.45, 2.75) is 38.4 Å². The predicted octanol–water partition coefficient (Wildman–Crippen LogP) is 2.75. The molecule has 0 bridgehead atoms. The van der Waals surface area contributed by atoms with E-state index in [2.05, 4.69) is 15.7 Å². The van der Waals surface area contributed by atoms with Crippen molar-refractivity contribution >= 4 is 23.2 Å². The van der Waals surface area contributed by atoms with E-state index in [0.29, 0.717) is 17.7 Å². The number of benzene rings is 1. The molecule has 0 spiro atoms. The van der Waals surface area contributed by atoms with Crippen LogP contribution in [0.25, 0.3) is 10.6 Å². The van der Waals surface area contributed by atoms with E-state index in [9.17, 15) is 14.4 Å². The molecule has 0 saturated carbocycles. The van der Waals surface area contributed by atoms with Gasteiger partial charge in [-0.15, -0.1) is 11.3 Å². The summed E-state index contributed by atoms with van der Waals surface area (Å²) in [6.07, 6.45) is 0.743. The zero-order valence-electron chi connectivity index (χ0n) is 17.8. The Balaban J connectivity index is 1.43. The number of nitrogens with one attached hydrogen (secondary N) is 2. The molecule has 0 aliphatic carbocycles. The van der Waals surface area contributed by atoms with Gasteiger partial charge in [0.25, 0.3) is 11.5 Å². The molecule has 9 heteroatoms. The van der Waals surface area contributed by atoms with Gasteiger partial charge >= 0.3 is 0 Å². The van der Waals surface area contributed by atoms with E-state index in [1.54, 1.807) is 42.7 Å². The minimum atomic E-state index is -0.399. The van der Waals surface area contributed by atoms with Gasteiger partial charge in [-0.25, -0.2) is 4.68 Å². The lowest BCUT2D eigenvalue weighted by molar-refractivity contribution is -0.122. The molecule has 0 radical (unpaired) electrons. The molecule has 2 aromatic heterocycles. The number of methoxy groups -OCH3 is 1. The predicted molar refractivity (Wildman–Crippen MR) is 122 cm³/mol. The van der Waals surface area contributed by atoms with E-state index in [0.717, 1.165) is 16.1 Å². The Bertz CT molecular complexity index is 1190. The summed E-state index contributed by atoms with van der Waals surface area (Å²) in [5.74, 6) is 0.177. The number of fused-ring (bicyclic) bond motifs is 1. The normalized spacial score (nSPS) is 15.7. The minimum Gasteiger partial charge on any atom is -0.497 e. The molecule has 32 heavy (non-hydrogen) atoms. The Hall–Kier alpha value is -3.46. The monoisotopic (exact) mass is 452 g/mol. The van der Waals surface area contributed by atoms with E-state index in [1.807, 2.05) is 24.4 Å². The van der Waals surface area contributed by atoms with Gasteiger partial charge in [-0.1, -0.05) is 19.1 Å². The van der Waals surface area contributed by atoms with Gasteiger partial charge < -0.3 is 15.4 Å². The molecule has 2 amide bonds. The van der Waals surface area contributed by atoms with Crippen molar-refractivity contribution in [2.24, 2.45) is 0 Å². The first-order valence-electron chi connectivity index (χ1n) is 10.4. The lowest BCUT2D eigenvalue weighted by Crippen LogP contribution is -2.41. The second-order valence-corrected chi connectivity index (χ2v) is 8.52. The number of thiophene rings is 1. The van der Waals surface area contributed by atoms with Crippen molar-refractivity contribution in [3.05, 3.63) is 69.3 Å². The van der Waals surface area contributed by atoms with Crippen molar-refractivity contribution in [3.63, 3.8) is 0 Å². The summed E-state index contributed by atoms with van der Waals surface area (Å²) >= 11 is 1.55. The van der Waals surface area contributed by atoms with Gasteiger partial charge in [-0.3, -0.25) is 14.4 Å². The average molecular weight is 453 g/mol. The van der Waals surface area contributed by atoms with Gasteiger partial charge in [0.2, 0.25) is 5.91 Å². The number of nitrogens with zero attached hydrogens (tertiary/aromatic N) is 2. The van der Waals surface area contributed by atoms with Crippen molar-refractivity contribution in [1.29, 1.82) is 0 Å². The molecule has 0 saturated heterocycles. The Morgan fingerprint density at radius 1 is 1.28 bits per heavy atom. The average Bonchev–Trinajstić information content (AvgIpc) is 3.43. The summed E-state index contributed by atoms with van der Waals surface area (Å²) in [6, 6.07) is 11.7. The van der Waals surface area contributed by atoms with Crippen LogP contribution in [0.2, 0.25) is 0 Å². The Kier molecular flexibility index (Phi) is 6.36.